The third-order valence-corrected chi connectivity index (χ3v) is 6.12. The SMILES string of the molecule is CCC1C(=O)OCc2c1cc1n(c2=O)Cc2c-1nc1cc(F)c(C)cc1c2/C=N/OC. The molecule has 31 heavy (non-hydrogen) atoms. The minimum absolute atomic E-state index is 0.0298. The molecule has 0 saturated carbocycles. The van der Waals surface area contributed by atoms with Crippen molar-refractivity contribution >= 4 is 23.1 Å². The van der Waals surface area contributed by atoms with E-state index < -0.39 is 5.92 Å². The molecule has 0 saturated heterocycles. The van der Waals surface area contributed by atoms with Crippen LogP contribution in [0.2, 0.25) is 0 Å². The Bertz CT molecular complexity index is 1360. The van der Waals surface area contributed by atoms with Gasteiger partial charge in [0.1, 0.15) is 19.5 Å². The normalized spacial score (nSPS) is 16.9. The number of hydrogen-bond acceptors (Lipinski definition) is 6. The summed E-state index contributed by atoms with van der Waals surface area (Å²) in [6.45, 7) is 3.84. The number of hydrogen-bond donors (Lipinski definition) is 0. The van der Waals surface area contributed by atoms with Crippen LogP contribution in [-0.4, -0.2) is 28.8 Å². The van der Waals surface area contributed by atoms with Gasteiger partial charge in [0.15, 0.2) is 0 Å². The number of halogens is 1. The lowest BCUT2D eigenvalue weighted by Crippen LogP contribution is -2.32. The Morgan fingerprint density at radius 1 is 1.32 bits per heavy atom. The van der Waals surface area contributed by atoms with Crippen LogP contribution < -0.4 is 5.56 Å². The van der Waals surface area contributed by atoms with Crippen molar-refractivity contribution in [1.29, 1.82) is 0 Å². The largest absolute Gasteiger partial charge is 0.460 e. The van der Waals surface area contributed by atoms with Gasteiger partial charge in [-0.05, 0) is 36.6 Å². The topological polar surface area (TPSA) is 82.8 Å². The molecule has 0 amide bonds. The summed E-state index contributed by atoms with van der Waals surface area (Å²) in [6, 6.07) is 4.98. The highest BCUT2D eigenvalue weighted by molar-refractivity contribution is 6.02. The number of pyridine rings is 2. The van der Waals surface area contributed by atoms with E-state index >= 15 is 0 Å². The molecule has 0 spiro atoms. The molecule has 0 bridgehead atoms. The molecule has 158 valence electrons. The van der Waals surface area contributed by atoms with Crippen molar-refractivity contribution < 1.29 is 18.8 Å². The van der Waals surface area contributed by atoms with Gasteiger partial charge in [0.05, 0.1) is 41.1 Å². The van der Waals surface area contributed by atoms with Crippen LogP contribution in [0.3, 0.4) is 0 Å². The van der Waals surface area contributed by atoms with Gasteiger partial charge in [-0.15, -0.1) is 0 Å². The first kappa shape index (κ1) is 19.4. The van der Waals surface area contributed by atoms with Crippen LogP contribution in [0.15, 0.2) is 28.1 Å². The van der Waals surface area contributed by atoms with Crippen molar-refractivity contribution in [3.8, 4) is 11.4 Å². The molecule has 0 radical (unpaired) electrons. The van der Waals surface area contributed by atoms with Crippen LogP contribution in [0.4, 0.5) is 4.39 Å². The third kappa shape index (κ3) is 2.78. The van der Waals surface area contributed by atoms with Gasteiger partial charge >= 0.3 is 5.97 Å². The van der Waals surface area contributed by atoms with E-state index in [1.54, 1.807) is 23.8 Å². The minimum atomic E-state index is -0.485. The maximum Gasteiger partial charge on any atom is 0.313 e. The molecule has 0 fully saturated rings. The second-order valence-electron chi connectivity index (χ2n) is 7.81. The van der Waals surface area contributed by atoms with Gasteiger partial charge in [0.2, 0.25) is 0 Å². The number of carbonyl (C=O) groups excluding carboxylic acids is 1. The lowest BCUT2D eigenvalue weighted by molar-refractivity contribution is -0.148. The molecule has 4 heterocycles. The van der Waals surface area contributed by atoms with Gasteiger partial charge in [-0.25, -0.2) is 9.37 Å². The summed E-state index contributed by atoms with van der Waals surface area (Å²) in [6.07, 6.45) is 2.10. The highest BCUT2D eigenvalue weighted by Gasteiger charge is 2.34. The zero-order valence-electron chi connectivity index (χ0n) is 17.4. The Hall–Kier alpha value is -3.55. The average Bonchev–Trinajstić information content (AvgIpc) is 3.11. The number of ether oxygens (including phenoxy) is 1. The van der Waals surface area contributed by atoms with Gasteiger partial charge in [0, 0.05) is 22.6 Å². The summed E-state index contributed by atoms with van der Waals surface area (Å²) in [5.41, 5.74) is 4.68. The fourth-order valence-corrected chi connectivity index (χ4v) is 4.51. The molecule has 2 aliphatic heterocycles. The Morgan fingerprint density at radius 2 is 2.13 bits per heavy atom. The predicted octanol–water partition coefficient (Wildman–Crippen LogP) is 3.40. The first-order valence-corrected chi connectivity index (χ1v) is 10.1. The molecular formula is C23H20FN3O4. The molecule has 3 aromatic rings. The fourth-order valence-electron chi connectivity index (χ4n) is 4.51. The monoisotopic (exact) mass is 421 g/mol. The van der Waals surface area contributed by atoms with Gasteiger partial charge < -0.3 is 14.1 Å². The van der Waals surface area contributed by atoms with E-state index in [9.17, 15) is 14.0 Å². The molecule has 1 atom stereocenters. The molecule has 5 rings (SSSR count). The first-order valence-electron chi connectivity index (χ1n) is 10.1. The zero-order valence-corrected chi connectivity index (χ0v) is 17.4. The molecule has 0 aliphatic carbocycles. The number of rotatable bonds is 3. The number of nitrogens with zero attached hydrogens (tertiary/aromatic N) is 3. The Morgan fingerprint density at radius 3 is 2.87 bits per heavy atom. The van der Waals surface area contributed by atoms with E-state index in [0.717, 1.165) is 16.5 Å². The lowest BCUT2D eigenvalue weighted by Gasteiger charge is -2.24. The maximum atomic E-state index is 14.3. The van der Waals surface area contributed by atoms with Gasteiger partial charge in [-0.3, -0.25) is 9.59 Å². The summed E-state index contributed by atoms with van der Waals surface area (Å²) in [5, 5.41) is 4.65. The standard InChI is InChI=1S/C23H20FN3O4/c1-4-12-13-6-20-21-16(9-27(20)22(28)17(13)10-31-23(12)29)15(8-25-30-3)14-5-11(2)18(24)7-19(14)26-21/h5-8,12H,4,9-10H2,1-3H3/b25-8+. The summed E-state index contributed by atoms with van der Waals surface area (Å²) < 4.78 is 21.2. The molecule has 0 N–H and O–H groups in total. The van der Waals surface area contributed by atoms with E-state index in [2.05, 4.69) is 5.16 Å². The summed E-state index contributed by atoms with van der Waals surface area (Å²) in [4.78, 5) is 35.1. The third-order valence-electron chi connectivity index (χ3n) is 6.12. The highest BCUT2D eigenvalue weighted by atomic mass is 19.1. The zero-order chi connectivity index (χ0) is 21.9. The number of benzene rings is 1. The number of aryl methyl sites for hydroxylation is 1. The van der Waals surface area contributed by atoms with E-state index in [1.165, 1.54) is 13.2 Å². The van der Waals surface area contributed by atoms with E-state index in [4.69, 9.17) is 14.6 Å². The van der Waals surface area contributed by atoms with Gasteiger partial charge in [0.25, 0.3) is 5.56 Å². The van der Waals surface area contributed by atoms with Crippen LogP contribution in [-0.2, 0) is 27.5 Å². The second-order valence-corrected chi connectivity index (χ2v) is 7.81. The van der Waals surface area contributed by atoms with Crippen molar-refractivity contribution in [2.24, 2.45) is 5.16 Å². The van der Waals surface area contributed by atoms with Gasteiger partial charge in [-0.1, -0.05) is 12.1 Å². The molecule has 8 heteroatoms. The summed E-state index contributed by atoms with van der Waals surface area (Å²) in [5.74, 6) is -1.17. The molecular weight excluding hydrogens is 401 g/mol. The van der Waals surface area contributed by atoms with E-state index in [0.29, 0.717) is 46.6 Å². The lowest BCUT2D eigenvalue weighted by atomic mass is 9.90. The van der Waals surface area contributed by atoms with E-state index in [1.807, 2.05) is 13.0 Å². The highest BCUT2D eigenvalue weighted by Crippen LogP contribution is 2.38. The number of cyclic esters (lactones) is 1. The Balaban J connectivity index is 1.83. The van der Waals surface area contributed by atoms with Crippen LogP contribution >= 0.6 is 0 Å². The summed E-state index contributed by atoms with van der Waals surface area (Å²) in [7, 11) is 1.44. The number of fused-ring (bicyclic) bond motifs is 5. The van der Waals surface area contributed by atoms with Gasteiger partial charge in [-0.2, -0.15) is 0 Å². The first-order chi connectivity index (χ1) is 14.9. The molecule has 7 nitrogen and oxygen atoms in total. The Kier molecular flexibility index (Phi) is 4.39. The molecule has 2 aromatic heterocycles. The van der Waals surface area contributed by atoms with Crippen LogP contribution in [0.5, 0.6) is 0 Å². The van der Waals surface area contributed by atoms with Crippen molar-refractivity contribution in [2.45, 2.75) is 39.3 Å². The molecule has 2 aliphatic rings. The quantitative estimate of drug-likeness (QED) is 0.288. The number of oxime groups is 1. The van der Waals surface area contributed by atoms with Crippen LogP contribution in [0.25, 0.3) is 22.3 Å². The molecule has 1 aromatic carbocycles. The average molecular weight is 421 g/mol. The van der Waals surface area contributed by atoms with Crippen LogP contribution in [0, 0.1) is 12.7 Å². The van der Waals surface area contributed by atoms with Crippen molar-refractivity contribution in [3.05, 3.63) is 62.2 Å². The number of carbonyl (C=O) groups is 1. The fraction of sp³-hybridized carbons (Fsp3) is 0.304. The Labute approximate surface area is 177 Å². The van der Waals surface area contributed by atoms with Crippen molar-refractivity contribution in [1.82, 2.24) is 9.55 Å². The summed E-state index contributed by atoms with van der Waals surface area (Å²) >= 11 is 0. The van der Waals surface area contributed by atoms with Crippen molar-refractivity contribution in [2.75, 3.05) is 7.11 Å². The van der Waals surface area contributed by atoms with Crippen molar-refractivity contribution in [3.63, 3.8) is 0 Å². The smallest absolute Gasteiger partial charge is 0.313 e. The maximum absolute atomic E-state index is 14.3. The van der Waals surface area contributed by atoms with Crippen LogP contribution in [0.1, 0.15) is 47.1 Å². The second kappa shape index (κ2) is 7.01. The molecule has 1 unspecified atom stereocenters. The number of aromatic nitrogens is 2. The predicted molar refractivity (Wildman–Crippen MR) is 113 cm³/mol. The van der Waals surface area contributed by atoms with E-state index in [-0.39, 0.29) is 24.0 Å². The minimum Gasteiger partial charge on any atom is -0.460 e. The number of esters is 1.